The van der Waals surface area contributed by atoms with Crippen LogP contribution in [0.5, 0.6) is 0 Å². The monoisotopic (exact) mass is 236 g/mol. The number of aromatic nitrogens is 2. The van der Waals surface area contributed by atoms with E-state index in [0.717, 1.165) is 11.5 Å². The summed E-state index contributed by atoms with van der Waals surface area (Å²) in [6.07, 6.45) is 0. The zero-order valence-corrected chi connectivity index (χ0v) is 8.15. The second-order valence-corrected chi connectivity index (χ2v) is 4.74. The summed E-state index contributed by atoms with van der Waals surface area (Å²) in [5.74, 6) is 0. The predicted molar refractivity (Wildman–Crippen MR) is 44.2 cm³/mol. The fourth-order valence-electron chi connectivity index (χ4n) is 0.321. The highest BCUT2D eigenvalue weighted by Crippen LogP contribution is 2.39. The van der Waals surface area contributed by atoms with Crippen molar-refractivity contribution in [1.29, 1.82) is 0 Å². The van der Waals surface area contributed by atoms with Crippen molar-refractivity contribution in [2.45, 2.75) is 3.79 Å². The summed E-state index contributed by atoms with van der Waals surface area (Å²) >= 11 is 22.7. The number of hydrogen-bond acceptors (Lipinski definition) is 3. The highest BCUT2D eigenvalue weighted by atomic mass is 35.6. The van der Waals surface area contributed by atoms with E-state index in [-0.39, 0.29) is 10.3 Å². The van der Waals surface area contributed by atoms with E-state index < -0.39 is 3.79 Å². The molecule has 7 heteroatoms. The van der Waals surface area contributed by atoms with Crippen LogP contribution in [-0.2, 0) is 3.79 Å². The van der Waals surface area contributed by atoms with Gasteiger partial charge in [-0.05, 0) is 23.1 Å². The maximum atomic E-state index is 5.45. The Morgan fingerprint density at radius 1 is 1.30 bits per heavy atom. The molecule has 0 aliphatic carbocycles. The van der Waals surface area contributed by atoms with Gasteiger partial charge in [-0.15, -0.1) is 0 Å². The molecule has 0 radical (unpaired) electrons. The lowest BCUT2D eigenvalue weighted by Crippen LogP contribution is -1.97. The van der Waals surface area contributed by atoms with Crippen molar-refractivity contribution < 1.29 is 0 Å². The maximum absolute atomic E-state index is 5.45. The van der Waals surface area contributed by atoms with E-state index in [0.29, 0.717) is 0 Å². The number of nitrogens with zero attached hydrogens (tertiary/aromatic N) is 2. The number of hydrogen-bond donors (Lipinski definition) is 0. The number of halogens is 4. The SMILES string of the molecule is Clc1nsc(C(Cl)(Cl)Cl)n1. The molecular weight excluding hydrogens is 238 g/mol. The predicted octanol–water partition coefficient (Wildman–Crippen LogP) is 3.02. The van der Waals surface area contributed by atoms with Gasteiger partial charge in [0.15, 0.2) is 5.01 Å². The molecule has 2 nitrogen and oxygen atoms in total. The van der Waals surface area contributed by atoms with Crippen molar-refractivity contribution in [3.05, 3.63) is 10.3 Å². The minimum Gasteiger partial charge on any atom is -0.205 e. The van der Waals surface area contributed by atoms with Gasteiger partial charge in [0.2, 0.25) is 9.08 Å². The lowest BCUT2D eigenvalue weighted by atomic mass is 10.8. The summed E-state index contributed by atoms with van der Waals surface area (Å²) in [6.45, 7) is 0. The zero-order valence-electron chi connectivity index (χ0n) is 4.31. The van der Waals surface area contributed by atoms with Gasteiger partial charge in [0.05, 0.1) is 0 Å². The molecule has 0 unspecified atom stereocenters. The molecule has 1 aromatic heterocycles. The second kappa shape index (κ2) is 2.99. The van der Waals surface area contributed by atoms with Gasteiger partial charge < -0.3 is 0 Å². The summed E-state index contributed by atoms with van der Waals surface area (Å²) in [7, 11) is 0. The molecule has 10 heavy (non-hydrogen) atoms. The molecule has 0 N–H and O–H groups in total. The minimum absolute atomic E-state index is 0.103. The summed E-state index contributed by atoms with van der Waals surface area (Å²) in [5.41, 5.74) is 0. The van der Waals surface area contributed by atoms with Crippen LogP contribution in [0.15, 0.2) is 0 Å². The average molecular weight is 238 g/mol. The minimum atomic E-state index is -1.51. The first-order valence-electron chi connectivity index (χ1n) is 2.06. The molecule has 0 amide bonds. The van der Waals surface area contributed by atoms with Crippen LogP contribution in [0.1, 0.15) is 5.01 Å². The highest BCUT2D eigenvalue weighted by molar-refractivity contribution is 7.07. The van der Waals surface area contributed by atoms with Crippen molar-refractivity contribution >= 4 is 57.9 Å². The molecule has 0 spiro atoms. The van der Waals surface area contributed by atoms with Crippen LogP contribution in [0.2, 0.25) is 5.28 Å². The molecule has 0 saturated carbocycles. The molecule has 0 aliphatic rings. The van der Waals surface area contributed by atoms with Gasteiger partial charge in [0.1, 0.15) is 0 Å². The standard InChI is InChI=1S/C3Cl4N2S/c4-2-8-1(10-9-2)3(5,6)7. The van der Waals surface area contributed by atoms with Crippen LogP contribution < -0.4 is 0 Å². The summed E-state index contributed by atoms with van der Waals surface area (Å²) in [4.78, 5) is 3.66. The molecule has 0 bridgehead atoms. The van der Waals surface area contributed by atoms with Gasteiger partial charge >= 0.3 is 0 Å². The Kier molecular flexibility index (Phi) is 2.64. The van der Waals surface area contributed by atoms with E-state index in [1.165, 1.54) is 0 Å². The van der Waals surface area contributed by atoms with Crippen molar-refractivity contribution in [2.75, 3.05) is 0 Å². The van der Waals surface area contributed by atoms with Gasteiger partial charge in [0.25, 0.3) is 0 Å². The lowest BCUT2D eigenvalue weighted by molar-refractivity contribution is 1.15. The van der Waals surface area contributed by atoms with Gasteiger partial charge in [-0.2, -0.15) is 4.37 Å². The van der Waals surface area contributed by atoms with E-state index in [2.05, 4.69) is 9.36 Å². The van der Waals surface area contributed by atoms with Crippen LogP contribution in [0, 0.1) is 0 Å². The van der Waals surface area contributed by atoms with Crippen LogP contribution in [0.3, 0.4) is 0 Å². The summed E-state index contributed by atoms with van der Waals surface area (Å²) in [5, 5.41) is 0.383. The molecule has 1 aromatic rings. The first-order valence-corrected chi connectivity index (χ1v) is 4.35. The summed E-state index contributed by atoms with van der Waals surface area (Å²) < 4.78 is 2.12. The topological polar surface area (TPSA) is 25.8 Å². The Bertz CT molecular complexity index is 229. The van der Waals surface area contributed by atoms with Crippen molar-refractivity contribution in [2.24, 2.45) is 0 Å². The highest BCUT2D eigenvalue weighted by Gasteiger charge is 2.27. The smallest absolute Gasteiger partial charge is 0.205 e. The Hall–Kier alpha value is 0.720. The molecule has 0 fully saturated rings. The van der Waals surface area contributed by atoms with Gasteiger partial charge in [-0.25, -0.2) is 4.98 Å². The van der Waals surface area contributed by atoms with E-state index in [4.69, 9.17) is 46.4 Å². The quantitative estimate of drug-likeness (QED) is 0.649. The van der Waals surface area contributed by atoms with Crippen molar-refractivity contribution in [3.63, 3.8) is 0 Å². The Morgan fingerprint density at radius 2 is 1.90 bits per heavy atom. The molecule has 56 valence electrons. The van der Waals surface area contributed by atoms with Gasteiger partial charge in [-0.3, -0.25) is 0 Å². The van der Waals surface area contributed by atoms with Crippen molar-refractivity contribution in [1.82, 2.24) is 9.36 Å². The van der Waals surface area contributed by atoms with Crippen LogP contribution in [0.25, 0.3) is 0 Å². The van der Waals surface area contributed by atoms with Gasteiger partial charge in [0, 0.05) is 0 Å². The third-order valence-electron chi connectivity index (χ3n) is 0.644. The van der Waals surface area contributed by atoms with E-state index in [1.54, 1.807) is 0 Å². The zero-order chi connectivity index (χ0) is 7.78. The average Bonchev–Trinajstić information content (AvgIpc) is 2.11. The third kappa shape index (κ3) is 2.10. The van der Waals surface area contributed by atoms with Crippen molar-refractivity contribution in [3.8, 4) is 0 Å². The molecule has 0 saturated heterocycles. The first kappa shape index (κ1) is 8.81. The Morgan fingerprint density at radius 3 is 2.10 bits per heavy atom. The maximum Gasteiger partial charge on any atom is 0.243 e. The van der Waals surface area contributed by atoms with Crippen LogP contribution >= 0.6 is 57.9 Å². The second-order valence-electron chi connectivity index (χ2n) is 1.37. The Balaban J connectivity index is 2.96. The molecule has 1 rings (SSSR count). The fourth-order valence-corrected chi connectivity index (χ4v) is 1.43. The molecule has 1 heterocycles. The molecule has 0 atom stereocenters. The number of alkyl halides is 3. The third-order valence-corrected chi connectivity index (χ3v) is 2.62. The van der Waals surface area contributed by atoms with E-state index >= 15 is 0 Å². The lowest BCUT2D eigenvalue weighted by Gasteiger charge is -2.02. The number of rotatable bonds is 0. The van der Waals surface area contributed by atoms with Crippen LogP contribution in [0.4, 0.5) is 0 Å². The Labute approximate surface area is 81.2 Å². The summed E-state index contributed by atoms with van der Waals surface area (Å²) in [6, 6.07) is 0. The van der Waals surface area contributed by atoms with Crippen LogP contribution in [-0.4, -0.2) is 9.36 Å². The normalized spacial score (nSPS) is 12.0. The molecular formula is C3Cl4N2S. The van der Waals surface area contributed by atoms with Gasteiger partial charge in [-0.1, -0.05) is 34.8 Å². The van der Waals surface area contributed by atoms with E-state index in [9.17, 15) is 0 Å². The van der Waals surface area contributed by atoms with E-state index in [1.807, 2.05) is 0 Å². The fraction of sp³-hybridized carbons (Fsp3) is 0.333. The molecule has 0 aliphatic heterocycles. The first-order chi connectivity index (χ1) is 4.50. The molecule has 0 aromatic carbocycles. The largest absolute Gasteiger partial charge is 0.243 e.